The Kier molecular flexibility index (Phi) is 4.49. The number of rotatable bonds is 4. The number of benzene rings is 2. The molecule has 4 rings (SSSR count). The standard InChI is InChI=1S/C20H17ClN4O2/c1-12(2)13-3-5-14(6-4-13)19-23-18(27-24-19)10-25-11-22-17-8-7-15(21)9-16(17)20(25)26/h3-9,11-12H,10H2,1-2H3. The molecule has 0 amide bonds. The van der Waals surface area contributed by atoms with Gasteiger partial charge >= 0.3 is 0 Å². The molecule has 136 valence electrons. The van der Waals surface area contributed by atoms with Gasteiger partial charge in [-0.3, -0.25) is 9.36 Å². The van der Waals surface area contributed by atoms with Gasteiger partial charge in [0.05, 0.1) is 17.2 Å². The van der Waals surface area contributed by atoms with Crippen LogP contribution in [-0.4, -0.2) is 19.7 Å². The smallest absolute Gasteiger partial charge is 0.261 e. The van der Waals surface area contributed by atoms with Gasteiger partial charge in [0, 0.05) is 10.6 Å². The van der Waals surface area contributed by atoms with E-state index in [-0.39, 0.29) is 12.1 Å². The fourth-order valence-electron chi connectivity index (χ4n) is 2.84. The SMILES string of the molecule is CC(C)c1ccc(-c2noc(Cn3cnc4ccc(Cl)cc4c3=O)n2)cc1. The van der Waals surface area contributed by atoms with E-state index < -0.39 is 0 Å². The second-order valence-electron chi connectivity index (χ2n) is 6.63. The van der Waals surface area contributed by atoms with Gasteiger partial charge in [-0.05, 0) is 29.7 Å². The first-order chi connectivity index (χ1) is 13.0. The lowest BCUT2D eigenvalue weighted by Gasteiger charge is -2.04. The summed E-state index contributed by atoms with van der Waals surface area (Å²) in [5, 5.41) is 4.96. The van der Waals surface area contributed by atoms with Crippen LogP contribution >= 0.6 is 11.6 Å². The predicted molar refractivity (Wildman–Crippen MR) is 104 cm³/mol. The van der Waals surface area contributed by atoms with E-state index in [9.17, 15) is 4.79 Å². The summed E-state index contributed by atoms with van der Waals surface area (Å²) in [5.41, 5.74) is 2.50. The molecular weight excluding hydrogens is 364 g/mol. The fourth-order valence-corrected chi connectivity index (χ4v) is 3.02. The average molecular weight is 381 g/mol. The van der Waals surface area contributed by atoms with E-state index in [0.29, 0.717) is 33.6 Å². The molecule has 4 aromatic rings. The van der Waals surface area contributed by atoms with Crippen LogP contribution in [0.15, 0.2) is 58.1 Å². The van der Waals surface area contributed by atoms with Crippen molar-refractivity contribution in [2.75, 3.05) is 0 Å². The number of nitrogens with zero attached hydrogens (tertiary/aromatic N) is 4. The van der Waals surface area contributed by atoms with Crippen molar-refractivity contribution in [1.82, 2.24) is 19.7 Å². The van der Waals surface area contributed by atoms with Crippen molar-refractivity contribution >= 4 is 22.5 Å². The van der Waals surface area contributed by atoms with Crippen molar-refractivity contribution in [2.45, 2.75) is 26.3 Å². The third-order valence-electron chi connectivity index (χ3n) is 4.40. The Balaban J connectivity index is 1.62. The van der Waals surface area contributed by atoms with Gasteiger partial charge in [0.25, 0.3) is 5.56 Å². The van der Waals surface area contributed by atoms with Crippen LogP contribution in [0, 0.1) is 0 Å². The second-order valence-corrected chi connectivity index (χ2v) is 7.06. The van der Waals surface area contributed by atoms with Crippen molar-refractivity contribution in [3.8, 4) is 11.4 Å². The first-order valence-electron chi connectivity index (χ1n) is 8.59. The highest BCUT2D eigenvalue weighted by molar-refractivity contribution is 6.31. The molecule has 0 aliphatic heterocycles. The third-order valence-corrected chi connectivity index (χ3v) is 4.63. The van der Waals surface area contributed by atoms with Crippen molar-refractivity contribution in [2.24, 2.45) is 0 Å². The molecule has 0 aliphatic rings. The van der Waals surface area contributed by atoms with Crippen LogP contribution in [0.3, 0.4) is 0 Å². The van der Waals surface area contributed by atoms with Crippen LogP contribution in [0.25, 0.3) is 22.3 Å². The summed E-state index contributed by atoms with van der Waals surface area (Å²) in [6.45, 7) is 4.43. The minimum absolute atomic E-state index is 0.144. The van der Waals surface area contributed by atoms with Gasteiger partial charge in [0.15, 0.2) is 0 Å². The highest BCUT2D eigenvalue weighted by Gasteiger charge is 2.12. The Morgan fingerprint density at radius 3 is 2.67 bits per heavy atom. The van der Waals surface area contributed by atoms with Crippen LogP contribution in [0.4, 0.5) is 0 Å². The van der Waals surface area contributed by atoms with E-state index in [1.54, 1.807) is 18.2 Å². The summed E-state index contributed by atoms with van der Waals surface area (Å²) >= 11 is 5.99. The monoisotopic (exact) mass is 380 g/mol. The summed E-state index contributed by atoms with van der Waals surface area (Å²) in [7, 11) is 0. The average Bonchev–Trinajstić information content (AvgIpc) is 3.13. The van der Waals surface area contributed by atoms with Crippen LogP contribution in [0.2, 0.25) is 5.02 Å². The summed E-state index contributed by atoms with van der Waals surface area (Å²) in [5.74, 6) is 1.29. The van der Waals surface area contributed by atoms with E-state index in [1.807, 2.05) is 12.1 Å². The number of fused-ring (bicyclic) bond motifs is 1. The van der Waals surface area contributed by atoms with Crippen LogP contribution < -0.4 is 5.56 Å². The van der Waals surface area contributed by atoms with Gasteiger partial charge in [0.1, 0.15) is 6.54 Å². The number of aromatic nitrogens is 4. The molecule has 2 aromatic carbocycles. The highest BCUT2D eigenvalue weighted by Crippen LogP contribution is 2.21. The van der Waals surface area contributed by atoms with Gasteiger partial charge in [-0.15, -0.1) is 0 Å². The Bertz CT molecular complexity index is 1160. The second kappa shape index (κ2) is 6.96. The van der Waals surface area contributed by atoms with Gasteiger partial charge in [-0.1, -0.05) is 54.9 Å². The topological polar surface area (TPSA) is 73.8 Å². The molecule has 0 fully saturated rings. The number of halogens is 1. The quantitative estimate of drug-likeness (QED) is 0.528. The van der Waals surface area contributed by atoms with E-state index >= 15 is 0 Å². The normalized spacial score (nSPS) is 11.4. The lowest BCUT2D eigenvalue weighted by molar-refractivity contribution is 0.369. The largest absolute Gasteiger partial charge is 0.337 e. The molecule has 0 aliphatic carbocycles. The first-order valence-corrected chi connectivity index (χ1v) is 8.96. The Morgan fingerprint density at radius 2 is 1.93 bits per heavy atom. The number of hydrogen-bond donors (Lipinski definition) is 0. The highest BCUT2D eigenvalue weighted by atomic mass is 35.5. The van der Waals surface area contributed by atoms with E-state index in [0.717, 1.165) is 5.56 Å². The first kappa shape index (κ1) is 17.4. The maximum Gasteiger partial charge on any atom is 0.261 e. The molecule has 7 heteroatoms. The van der Waals surface area contributed by atoms with Crippen LogP contribution in [0.1, 0.15) is 31.2 Å². The maximum absolute atomic E-state index is 12.6. The Morgan fingerprint density at radius 1 is 1.15 bits per heavy atom. The molecule has 0 N–H and O–H groups in total. The lowest BCUT2D eigenvalue weighted by Crippen LogP contribution is -2.21. The Hall–Kier alpha value is -2.99. The summed E-state index contributed by atoms with van der Waals surface area (Å²) in [6.07, 6.45) is 1.47. The molecule has 0 spiro atoms. The molecule has 27 heavy (non-hydrogen) atoms. The van der Waals surface area contributed by atoms with Crippen molar-refractivity contribution in [1.29, 1.82) is 0 Å². The zero-order valence-corrected chi connectivity index (χ0v) is 15.6. The molecule has 0 unspecified atom stereocenters. The van der Waals surface area contributed by atoms with Gasteiger partial charge in [-0.2, -0.15) is 4.98 Å². The van der Waals surface area contributed by atoms with Crippen LogP contribution in [0.5, 0.6) is 0 Å². The third kappa shape index (κ3) is 3.48. The van der Waals surface area contributed by atoms with Gasteiger partial charge in [0.2, 0.25) is 11.7 Å². The van der Waals surface area contributed by atoms with Gasteiger partial charge < -0.3 is 4.52 Å². The summed E-state index contributed by atoms with van der Waals surface area (Å²) in [6, 6.07) is 13.1. The molecule has 0 bridgehead atoms. The van der Waals surface area contributed by atoms with Crippen molar-refractivity contribution in [3.63, 3.8) is 0 Å². The molecule has 2 aromatic heterocycles. The number of hydrogen-bond acceptors (Lipinski definition) is 5. The zero-order valence-electron chi connectivity index (χ0n) is 14.9. The van der Waals surface area contributed by atoms with Crippen molar-refractivity contribution in [3.05, 3.63) is 75.6 Å². The zero-order chi connectivity index (χ0) is 19.0. The molecule has 0 saturated heterocycles. The summed E-state index contributed by atoms with van der Waals surface area (Å²) in [4.78, 5) is 21.3. The molecule has 0 atom stereocenters. The fraction of sp³-hybridized carbons (Fsp3) is 0.200. The van der Waals surface area contributed by atoms with E-state index in [1.165, 1.54) is 16.5 Å². The lowest BCUT2D eigenvalue weighted by atomic mass is 10.0. The Labute approximate surface area is 160 Å². The minimum atomic E-state index is -0.205. The van der Waals surface area contributed by atoms with Gasteiger partial charge in [-0.25, -0.2) is 4.98 Å². The maximum atomic E-state index is 12.6. The molecule has 2 heterocycles. The predicted octanol–water partition coefficient (Wildman–Crippen LogP) is 4.27. The molecular formula is C20H17ClN4O2. The van der Waals surface area contributed by atoms with E-state index in [4.69, 9.17) is 16.1 Å². The van der Waals surface area contributed by atoms with E-state index in [2.05, 4.69) is 41.1 Å². The summed E-state index contributed by atoms with van der Waals surface area (Å²) < 4.78 is 6.75. The van der Waals surface area contributed by atoms with Crippen molar-refractivity contribution < 1.29 is 4.52 Å². The van der Waals surface area contributed by atoms with Crippen LogP contribution in [-0.2, 0) is 6.54 Å². The molecule has 6 nitrogen and oxygen atoms in total. The minimum Gasteiger partial charge on any atom is -0.337 e. The molecule has 0 saturated carbocycles. The molecule has 0 radical (unpaired) electrons.